The molecule has 24 heavy (non-hydrogen) atoms. The van der Waals surface area contributed by atoms with Gasteiger partial charge in [0.15, 0.2) is 0 Å². The zero-order valence-corrected chi connectivity index (χ0v) is 13.3. The minimum atomic E-state index is -0.354. The average Bonchev–Trinajstić information content (AvgIpc) is 2.56. The molecule has 3 N–H and O–H groups in total. The van der Waals surface area contributed by atoms with Crippen molar-refractivity contribution in [3.05, 3.63) is 59.7 Å². The van der Waals surface area contributed by atoms with Crippen LogP contribution in [0.1, 0.15) is 18.1 Å². The summed E-state index contributed by atoms with van der Waals surface area (Å²) in [7, 11) is 0. The number of rotatable bonds is 6. The van der Waals surface area contributed by atoms with Crippen molar-refractivity contribution in [1.29, 1.82) is 0 Å². The van der Waals surface area contributed by atoms with E-state index in [4.69, 9.17) is 0 Å². The molecule has 6 heteroatoms. The van der Waals surface area contributed by atoms with Gasteiger partial charge in [0.2, 0.25) is 5.91 Å². The number of amides is 3. The van der Waals surface area contributed by atoms with Crippen LogP contribution in [0, 0.1) is 0 Å². The predicted octanol–water partition coefficient (Wildman–Crippen LogP) is 2.71. The topological polar surface area (TPSA) is 87.3 Å². The van der Waals surface area contributed by atoms with E-state index in [1.54, 1.807) is 36.4 Å². The van der Waals surface area contributed by atoms with Gasteiger partial charge in [0.1, 0.15) is 6.29 Å². The van der Waals surface area contributed by atoms with Crippen LogP contribution < -0.4 is 16.0 Å². The van der Waals surface area contributed by atoms with E-state index in [0.717, 1.165) is 17.4 Å². The predicted molar refractivity (Wildman–Crippen MR) is 92.8 cm³/mol. The highest BCUT2D eigenvalue weighted by molar-refractivity contribution is 5.99. The maximum atomic E-state index is 12.0. The molecule has 0 saturated carbocycles. The Morgan fingerprint density at radius 1 is 0.875 bits per heavy atom. The van der Waals surface area contributed by atoms with Gasteiger partial charge in [0, 0.05) is 31.3 Å². The second-order valence-electron chi connectivity index (χ2n) is 5.25. The molecule has 0 aliphatic rings. The fourth-order valence-corrected chi connectivity index (χ4v) is 2.05. The van der Waals surface area contributed by atoms with Gasteiger partial charge in [0.05, 0.1) is 0 Å². The summed E-state index contributed by atoms with van der Waals surface area (Å²) >= 11 is 0. The molecule has 2 aromatic carbocycles. The summed E-state index contributed by atoms with van der Waals surface area (Å²) < 4.78 is 0. The second-order valence-corrected chi connectivity index (χ2v) is 5.25. The van der Waals surface area contributed by atoms with Crippen LogP contribution in [0.4, 0.5) is 16.2 Å². The normalized spacial score (nSPS) is 9.88. The first kappa shape index (κ1) is 17.2. The Morgan fingerprint density at radius 2 is 1.38 bits per heavy atom. The Hall–Kier alpha value is -3.15. The van der Waals surface area contributed by atoms with Crippen molar-refractivity contribution in [2.24, 2.45) is 0 Å². The Labute approximate surface area is 140 Å². The molecule has 2 rings (SSSR count). The third-order valence-corrected chi connectivity index (χ3v) is 3.28. The first-order valence-electron chi connectivity index (χ1n) is 7.51. The monoisotopic (exact) mass is 325 g/mol. The number of aldehydes is 1. The SMILES string of the molecule is CC(=O)NCc1ccc(NC(=O)Nc2ccc(CC=O)cc2)cc1. The van der Waals surface area contributed by atoms with Crippen molar-refractivity contribution in [3.8, 4) is 0 Å². The standard InChI is InChI=1S/C18H19N3O3/c1-13(23)19-12-15-4-8-17(9-5-15)21-18(24)20-16-6-2-14(3-7-16)10-11-22/h2-9,11H,10,12H2,1H3,(H,19,23)(H2,20,21,24). The molecule has 0 bridgehead atoms. The molecule has 0 atom stereocenters. The number of urea groups is 1. The van der Waals surface area contributed by atoms with Crippen LogP contribution in [-0.2, 0) is 22.6 Å². The van der Waals surface area contributed by atoms with Crippen molar-refractivity contribution in [1.82, 2.24) is 5.32 Å². The van der Waals surface area contributed by atoms with Crippen molar-refractivity contribution in [2.75, 3.05) is 10.6 Å². The van der Waals surface area contributed by atoms with Gasteiger partial charge < -0.3 is 20.7 Å². The van der Waals surface area contributed by atoms with Crippen LogP contribution in [0.15, 0.2) is 48.5 Å². The summed E-state index contributed by atoms with van der Waals surface area (Å²) in [6.07, 6.45) is 1.20. The van der Waals surface area contributed by atoms with Gasteiger partial charge in [-0.15, -0.1) is 0 Å². The first-order valence-corrected chi connectivity index (χ1v) is 7.51. The summed E-state index contributed by atoms with van der Waals surface area (Å²) in [6, 6.07) is 13.9. The minimum absolute atomic E-state index is 0.0873. The maximum absolute atomic E-state index is 12.0. The highest BCUT2D eigenvalue weighted by Crippen LogP contribution is 2.12. The maximum Gasteiger partial charge on any atom is 0.323 e. The Kier molecular flexibility index (Phi) is 6.08. The quantitative estimate of drug-likeness (QED) is 0.714. The molecule has 0 saturated heterocycles. The van der Waals surface area contributed by atoms with Crippen LogP contribution in [0.5, 0.6) is 0 Å². The molecule has 6 nitrogen and oxygen atoms in total. The van der Waals surface area contributed by atoms with Gasteiger partial charge in [0.25, 0.3) is 0 Å². The number of carbonyl (C=O) groups excluding carboxylic acids is 3. The Morgan fingerprint density at radius 3 is 1.83 bits per heavy atom. The van der Waals surface area contributed by atoms with Gasteiger partial charge >= 0.3 is 6.03 Å². The zero-order valence-electron chi connectivity index (χ0n) is 13.3. The molecular formula is C18H19N3O3. The van der Waals surface area contributed by atoms with Crippen LogP contribution in [0.25, 0.3) is 0 Å². The van der Waals surface area contributed by atoms with E-state index in [0.29, 0.717) is 24.3 Å². The van der Waals surface area contributed by atoms with E-state index in [-0.39, 0.29) is 11.9 Å². The number of anilines is 2. The van der Waals surface area contributed by atoms with Gasteiger partial charge in [-0.25, -0.2) is 4.79 Å². The number of nitrogens with one attached hydrogen (secondary N) is 3. The lowest BCUT2D eigenvalue weighted by atomic mass is 10.1. The summed E-state index contributed by atoms with van der Waals surface area (Å²) in [5, 5.41) is 8.16. The van der Waals surface area contributed by atoms with Crippen LogP contribution >= 0.6 is 0 Å². The largest absolute Gasteiger partial charge is 0.352 e. The van der Waals surface area contributed by atoms with Gasteiger partial charge in [-0.1, -0.05) is 24.3 Å². The van der Waals surface area contributed by atoms with Crippen LogP contribution in [0.2, 0.25) is 0 Å². The number of carbonyl (C=O) groups is 3. The smallest absolute Gasteiger partial charge is 0.323 e. The Balaban J connectivity index is 1.87. The lowest BCUT2D eigenvalue weighted by Crippen LogP contribution is -2.20. The van der Waals surface area contributed by atoms with Crippen molar-refractivity contribution < 1.29 is 14.4 Å². The molecule has 0 aliphatic heterocycles. The van der Waals surface area contributed by atoms with Crippen molar-refractivity contribution in [3.63, 3.8) is 0 Å². The van der Waals surface area contributed by atoms with E-state index < -0.39 is 0 Å². The number of hydrogen-bond acceptors (Lipinski definition) is 3. The first-order chi connectivity index (χ1) is 11.6. The number of hydrogen-bond donors (Lipinski definition) is 3. The summed E-state index contributed by atoms with van der Waals surface area (Å²) in [5.41, 5.74) is 3.13. The molecule has 3 amide bonds. The summed E-state index contributed by atoms with van der Waals surface area (Å²) in [6.45, 7) is 1.92. The zero-order chi connectivity index (χ0) is 17.4. The van der Waals surface area contributed by atoms with Gasteiger partial charge in [-0.2, -0.15) is 0 Å². The molecule has 124 valence electrons. The number of benzene rings is 2. The molecule has 0 aliphatic carbocycles. The molecule has 0 aromatic heterocycles. The molecule has 0 spiro atoms. The fourth-order valence-electron chi connectivity index (χ4n) is 2.05. The molecule has 0 heterocycles. The minimum Gasteiger partial charge on any atom is -0.352 e. The molecule has 0 radical (unpaired) electrons. The lowest BCUT2D eigenvalue weighted by Gasteiger charge is -2.09. The van der Waals surface area contributed by atoms with E-state index in [9.17, 15) is 14.4 Å². The van der Waals surface area contributed by atoms with E-state index in [1.807, 2.05) is 12.1 Å². The highest BCUT2D eigenvalue weighted by Gasteiger charge is 2.03. The van der Waals surface area contributed by atoms with E-state index in [2.05, 4.69) is 16.0 Å². The van der Waals surface area contributed by atoms with Crippen LogP contribution in [0.3, 0.4) is 0 Å². The second kappa shape index (κ2) is 8.47. The third kappa shape index (κ3) is 5.57. The molecule has 2 aromatic rings. The average molecular weight is 325 g/mol. The van der Waals surface area contributed by atoms with E-state index >= 15 is 0 Å². The molecular weight excluding hydrogens is 306 g/mol. The van der Waals surface area contributed by atoms with Crippen LogP contribution in [-0.4, -0.2) is 18.2 Å². The lowest BCUT2D eigenvalue weighted by molar-refractivity contribution is -0.119. The summed E-state index contributed by atoms with van der Waals surface area (Å²) in [5.74, 6) is -0.0873. The third-order valence-electron chi connectivity index (χ3n) is 3.28. The fraction of sp³-hybridized carbons (Fsp3) is 0.167. The summed E-state index contributed by atoms with van der Waals surface area (Å²) in [4.78, 5) is 33.3. The van der Waals surface area contributed by atoms with Gasteiger partial charge in [-0.3, -0.25) is 4.79 Å². The van der Waals surface area contributed by atoms with Crippen molar-refractivity contribution >= 4 is 29.6 Å². The molecule has 0 fully saturated rings. The molecule has 0 unspecified atom stereocenters. The highest BCUT2D eigenvalue weighted by atomic mass is 16.2. The van der Waals surface area contributed by atoms with E-state index in [1.165, 1.54) is 6.92 Å². The van der Waals surface area contributed by atoms with Gasteiger partial charge in [-0.05, 0) is 35.4 Å². The van der Waals surface area contributed by atoms with Crippen molar-refractivity contribution in [2.45, 2.75) is 19.9 Å². The Bertz CT molecular complexity index is 709.